The van der Waals surface area contributed by atoms with Crippen molar-refractivity contribution < 1.29 is 18.9 Å². The topological polar surface area (TPSA) is 87.0 Å². The number of halogens is 1. The average Bonchev–Trinajstić information content (AvgIpc) is 3.63. The number of carbonyl (C=O) groups is 2. The first-order chi connectivity index (χ1) is 15.3. The van der Waals surface area contributed by atoms with Crippen LogP contribution in [-0.4, -0.2) is 58.8 Å². The van der Waals surface area contributed by atoms with Gasteiger partial charge in [0.05, 0.1) is 4.92 Å². The molecule has 0 spiro atoms. The van der Waals surface area contributed by atoms with Crippen molar-refractivity contribution in [3.05, 3.63) is 69.5 Å². The standard InChI is InChI=1S/C23H25FN4O4/c1-16(29)25-10-12-26(13-11-25)21-9-6-17(14-22(21)28(31)32)23(30)27(19-7-8-19)15-18-4-2-3-5-20(18)24/h2-6,9,14,19H,7-8,10-13,15H2,1H3. The van der Waals surface area contributed by atoms with Gasteiger partial charge in [0.1, 0.15) is 11.5 Å². The first kappa shape index (κ1) is 21.7. The maximum Gasteiger partial charge on any atom is 0.293 e. The lowest BCUT2D eigenvalue weighted by Gasteiger charge is -2.35. The number of benzene rings is 2. The van der Waals surface area contributed by atoms with E-state index in [0.29, 0.717) is 37.4 Å². The van der Waals surface area contributed by atoms with Crippen molar-refractivity contribution in [1.29, 1.82) is 0 Å². The van der Waals surface area contributed by atoms with Crippen LogP contribution in [0.3, 0.4) is 0 Å². The second kappa shape index (κ2) is 8.94. The largest absolute Gasteiger partial charge is 0.362 e. The summed E-state index contributed by atoms with van der Waals surface area (Å²) < 4.78 is 14.1. The van der Waals surface area contributed by atoms with E-state index in [2.05, 4.69) is 0 Å². The number of nitro benzene ring substituents is 1. The number of anilines is 1. The highest BCUT2D eigenvalue weighted by Crippen LogP contribution is 2.34. The fourth-order valence-corrected chi connectivity index (χ4v) is 4.06. The molecule has 0 aromatic heterocycles. The molecule has 0 radical (unpaired) electrons. The number of hydrogen-bond donors (Lipinski definition) is 0. The maximum atomic E-state index is 14.1. The SMILES string of the molecule is CC(=O)N1CCN(c2ccc(C(=O)N(Cc3ccccc3F)C3CC3)cc2[N+](=O)[O-])CC1. The normalized spacial score (nSPS) is 16.1. The summed E-state index contributed by atoms with van der Waals surface area (Å²) in [5.41, 5.74) is 0.920. The van der Waals surface area contributed by atoms with Gasteiger partial charge in [-0.2, -0.15) is 0 Å². The fraction of sp³-hybridized carbons (Fsp3) is 0.391. The molecule has 1 heterocycles. The third-order valence-electron chi connectivity index (χ3n) is 6.03. The third-order valence-corrected chi connectivity index (χ3v) is 6.03. The van der Waals surface area contributed by atoms with E-state index < -0.39 is 4.92 Å². The summed E-state index contributed by atoms with van der Waals surface area (Å²) in [5.74, 6) is -0.737. The molecule has 168 valence electrons. The summed E-state index contributed by atoms with van der Waals surface area (Å²) >= 11 is 0. The van der Waals surface area contributed by atoms with Crippen LogP contribution < -0.4 is 4.90 Å². The predicted octanol–water partition coefficient (Wildman–Crippen LogP) is 3.21. The molecule has 2 amide bonds. The number of hydrogen-bond acceptors (Lipinski definition) is 5. The van der Waals surface area contributed by atoms with Crippen LogP contribution in [0.25, 0.3) is 0 Å². The number of carbonyl (C=O) groups excluding carboxylic acids is 2. The molecule has 0 unspecified atom stereocenters. The molecule has 8 nitrogen and oxygen atoms in total. The van der Waals surface area contributed by atoms with Crippen LogP contribution in [0.2, 0.25) is 0 Å². The smallest absolute Gasteiger partial charge is 0.293 e. The Kier molecular flexibility index (Phi) is 6.07. The van der Waals surface area contributed by atoms with Crippen LogP contribution in [0.1, 0.15) is 35.7 Å². The van der Waals surface area contributed by atoms with Gasteiger partial charge in [-0.1, -0.05) is 18.2 Å². The van der Waals surface area contributed by atoms with E-state index in [-0.39, 0.29) is 41.5 Å². The van der Waals surface area contributed by atoms with E-state index in [9.17, 15) is 24.1 Å². The second-order valence-electron chi connectivity index (χ2n) is 8.21. The van der Waals surface area contributed by atoms with Gasteiger partial charge in [-0.25, -0.2) is 4.39 Å². The number of amides is 2. The molecule has 2 aromatic carbocycles. The number of piperazine rings is 1. The molecule has 4 rings (SSSR count). The van der Waals surface area contributed by atoms with Crippen LogP contribution >= 0.6 is 0 Å². The number of rotatable bonds is 6. The van der Waals surface area contributed by atoms with E-state index >= 15 is 0 Å². The van der Waals surface area contributed by atoms with E-state index in [1.807, 2.05) is 4.90 Å². The van der Waals surface area contributed by atoms with Crippen LogP contribution in [0, 0.1) is 15.9 Å². The van der Waals surface area contributed by atoms with E-state index in [1.165, 1.54) is 19.1 Å². The van der Waals surface area contributed by atoms with Gasteiger partial charge in [0, 0.05) is 62.9 Å². The minimum Gasteiger partial charge on any atom is -0.362 e. The Morgan fingerprint density at radius 1 is 1.12 bits per heavy atom. The second-order valence-corrected chi connectivity index (χ2v) is 8.21. The van der Waals surface area contributed by atoms with Crippen LogP contribution in [-0.2, 0) is 11.3 Å². The summed E-state index contributed by atoms with van der Waals surface area (Å²) in [6.07, 6.45) is 1.67. The molecular formula is C23H25FN4O4. The molecule has 1 saturated heterocycles. The Labute approximate surface area is 185 Å². The molecule has 1 aliphatic heterocycles. The number of nitro groups is 1. The molecule has 0 N–H and O–H groups in total. The highest BCUT2D eigenvalue weighted by Gasteiger charge is 2.34. The van der Waals surface area contributed by atoms with Crippen molar-refractivity contribution in [2.75, 3.05) is 31.1 Å². The zero-order chi connectivity index (χ0) is 22.8. The lowest BCUT2D eigenvalue weighted by atomic mass is 10.1. The van der Waals surface area contributed by atoms with E-state index in [4.69, 9.17) is 0 Å². The van der Waals surface area contributed by atoms with Gasteiger partial charge in [0.2, 0.25) is 5.91 Å². The Bertz CT molecular complexity index is 1050. The fourth-order valence-electron chi connectivity index (χ4n) is 4.06. The Morgan fingerprint density at radius 3 is 2.41 bits per heavy atom. The minimum atomic E-state index is -0.484. The van der Waals surface area contributed by atoms with Gasteiger partial charge in [0.15, 0.2) is 0 Å². The molecular weight excluding hydrogens is 415 g/mol. The molecule has 1 aliphatic carbocycles. The van der Waals surface area contributed by atoms with Crippen LogP contribution in [0.15, 0.2) is 42.5 Å². The lowest BCUT2D eigenvalue weighted by molar-refractivity contribution is -0.384. The monoisotopic (exact) mass is 440 g/mol. The van der Waals surface area contributed by atoms with Gasteiger partial charge in [0.25, 0.3) is 11.6 Å². The molecule has 2 aromatic rings. The molecule has 32 heavy (non-hydrogen) atoms. The van der Waals surface area contributed by atoms with Gasteiger partial charge in [-0.05, 0) is 31.0 Å². The van der Waals surface area contributed by atoms with Gasteiger partial charge < -0.3 is 14.7 Å². The first-order valence-corrected chi connectivity index (χ1v) is 10.7. The van der Waals surface area contributed by atoms with Crippen molar-refractivity contribution >= 4 is 23.2 Å². The summed E-state index contributed by atoms with van der Waals surface area (Å²) in [7, 11) is 0. The zero-order valence-corrected chi connectivity index (χ0v) is 17.9. The van der Waals surface area contributed by atoms with Crippen molar-refractivity contribution in [1.82, 2.24) is 9.80 Å². The van der Waals surface area contributed by atoms with Crippen molar-refractivity contribution in [2.45, 2.75) is 32.4 Å². The molecule has 2 fully saturated rings. The molecule has 9 heteroatoms. The minimum absolute atomic E-state index is 0.0143. The molecule has 0 bridgehead atoms. The van der Waals surface area contributed by atoms with Crippen molar-refractivity contribution in [3.63, 3.8) is 0 Å². The van der Waals surface area contributed by atoms with Crippen LogP contribution in [0.5, 0.6) is 0 Å². The average molecular weight is 440 g/mol. The van der Waals surface area contributed by atoms with E-state index in [1.54, 1.807) is 40.1 Å². The lowest BCUT2D eigenvalue weighted by Crippen LogP contribution is -2.48. The molecule has 1 saturated carbocycles. The molecule has 0 atom stereocenters. The van der Waals surface area contributed by atoms with Crippen molar-refractivity contribution in [3.8, 4) is 0 Å². The quantitative estimate of drug-likeness (QED) is 0.509. The number of nitrogens with zero attached hydrogens (tertiary/aromatic N) is 4. The zero-order valence-electron chi connectivity index (χ0n) is 17.9. The van der Waals surface area contributed by atoms with Crippen LogP contribution in [0.4, 0.5) is 15.8 Å². The Balaban J connectivity index is 1.57. The summed E-state index contributed by atoms with van der Waals surface area (Å²) in [6.45, 7) is 3.57. The van der Waals surface area contributed by atoms with Gasteiger partial charge in [-0.15, -0.1) is 0 Å². The third kappa shape index (κ3) is 4.56. The first-order valence-electron chi connectivity index (χ1n) is 10.7. The summed E-state index contributed by atoms with van der Waals surface area (Å²) in [6, 6.07) is 10.8. The predicted molar refractivity (Wildman–Crippen MR) is 117 cm³/mol. The van der Waals surface area contributed by atoms with Crippen molar-refractivity contribution in [2.24, 2.45) is 0 Å². The Hall–Kier alpha value is -3.49. The highest BCUT2D eigenvalue weighted by atomic mass is 19.1. The van der Waals surface area contributed by atoms with E-state index in [0.717, 1.165) is 12.8 Å². The van der Waals surface area contributed by atoms with Gasteiger partial charge >= 0.3 is 0 Å². The summed E-state index contributed by atoms with van der Waals surface area (Å²) in [5, 5.41) is 11.8. The highest BCUT2D eigenvalue weighted by molar-refractivity contribution is 5.96. The summed E-state index contributed by atoms with van der Waals surface area (Å²) in [4.78, 5) is 41.3. The molecule has 2 aliphatic rings. The van der Waals surface area contributed by atoms with Gasteiger partial charge in [-0.3, -0.25) is 19.7 Å². The maximum absolute atomic E-state index is 14.1. The Morgan fingerprint density at radius 2 is 1.81 bits per heavy atom.